The minimum Gasteiger partial charge on any atom is -0.497 e. The third-order valence-corrected chi connectivity index (χ3v) is 6.46. The molecule has 0 fully saturated rings. The maximum absolute atomic E-state index is 12.8. The lowest BCUT2D eigenvalue weighted by Gasteiger charge is -2.22. The Kier molecular flexibility index (Phi) is 9.14. The SMILES string of the molecule is COCCN(Cc1ccccc1)C(=O)CSc1nnc(NCc2ccc(OC)cc2)s1. The van der Waals surface area contributed by atoms with Gasteiger partial charge in [0.25, 0.3) is 0 Å². The van der Waals surface area contributed by atoms with E-state index in [-0.39, 0.29) is 5.91 Å². The monoisotopic (exact) mass is 458 g/mol. The second-order valence-corrected chi connectivity index (χ2v) is 8.86. The van der Waals surface area contributed by atoms with E-state index in [1.165, 1.54) is 23.1 Å². The average Bonchev–Trinajstić information content (AvgIpc) is 3.27. The topological polar surface area (TPSA) is 76.6 Å². The number of carbonyl (C=O) groups is 1. The fourth-order valence-electron chi connectivity index (χ4n) is 2.77. The molecular formula is C22H26N4O3S2. The largest absolute Gasteiger partial charge is 0.497 e. The molecule has 7 nitrogen and oxygen atoms in total. The maximum atomic E-state index is 12.8. The molecule has 9 heteroatoms. The summed E-state index contributed by atoms with van der Waals surface area (Å²) in [5.41, 5.74) is 2.22. The first kappa shape index (κ1) is 23.1. The number of nitrogens with zero attached hydrogens (tertiary/aromatic N) is 3. The van der Waals surface area contributed by atoms with Crippen molar-refractivity contribution in [3.05, 3.63) is 65.7 Å². The van der Waals surface area contributed by atoms with Crippen LogP contribution in [0.15, 0.2) is 58.9 Å². The van der Waals surface area contributed by atoms with E-state index in [1.54, 1.807) is 14.2 Å². The summed E-state index contributed by atoms with van der Waals surface area (Å²) in [4.78, 5) is 14.6. The molecule has 1 amide bonds. The lowest BCUT2D eigenvalue weighted by atomic mass is 10.2. The molecule has 3 aromatic rings. The minimum atomic E-state index is 0.0499. The number of nitrogens with one attached hydrogen (secondary N) is 1. The molecular weight excluding hydrogens is 432 g/mol. The molecule has 0 unspecified atom stereocenters. The standard InChI is InChI=1S/C22H26N4O3S2/c1-28-13-12-26(15-18-6-4-3-5-7-18)20(27)16-30-22-25-24-21(31-22)23-14-17-8-10-19(29-2)11-9-17/h3-11H,12-16H2,1-2H3,(H,23,24). The van der Waals surface area contributed by atoms with Crippen LogP contribution in [0.2, 0.25) is 0 Å². The van der Waals surface area contributed by atoms with E-state index in [2.05, 4.69) is 15.5 Å². The van der Waals surface area contributed by atoms with Gasteiger partial charge in [-0.2, -0.15) is 0 Å². The van der Waals surface area contributed by atoms with E-state index in [4.69, 9.17) is 9.47 Å². The number of amides is 1. The second-order valence-electron chi connectivity index (χ2n) is 6.66. The lowest BCUT2D eigenvalue weighted by Crippen LogP contribution is -2.34. The van der Waals surface area contributed by atoms with Crippen molar-refractivity contribution in [2.45, 2.75) is 17.4 Å². The van der Waals surface area contributed by atoms with E-state index in [1.807, 2.05) is 59.5 Å². The van der Waals surface area contributed by atoms with Crippen molar-refractivity contribution in [3.8, 4) is 5.75 Å². The minimum absolute atomic E-state index is 0.0499. The van der Waals surface area contributed by atoms with Gasteiger partial charge in [-0.1, -0.05) is 65.6 Å². The Hall–Kier alpha value is -2.62. The molecule has 0 aliphatic heterocycles. The zero-order valence-electron chi connectivity index (χ0n) is 17.6. The van der Waals surface area contributed by atoms with Gasteiger partial charge in [0, 0.05) is 26.7 Å². The molecule has 0 aliphatic carbocycles. The van der Waals surface area contributed by atoms with Gasteiger partial charge in [-0.25, -0.2) is 0 Å². The van der Waals surface area contributed by atoms with Crippen molar-refractivity contribution in [2.24, 2.45) is 0 Å². The van der Waals surface area contributed by atoms with Gasteiger partial charge in [-0.15, -0.1) is 10.2 Å². The molecule has 0 atom stereocenters. The Balaban J connectivity index is 1.49. The summed E-state index contributed by atoms with van der Waals surface area (Å²) in [6.45, 7) is 2.26. The highest BCUT2D eigenvalue weighted by atomic mass is 32.2. The number of anilines is 1. The summed E-state index contributed by atoms with van der Waals surface area (Å²) >= 11 is 2.85. The van der Waals surface area contributed by atoms with Crippen LogP contribution in [-0.2, 0) is 22.6 Å². The number of rotatable bonds is 12. The van der Waals surface area contributed by atoms with Crippen LogP contribution >= 0.6 is 23.1 Å². The highest BCUT2D eigenvalue weighted by Gasteiger charge is 2.16. The van der Waals surface area contributed by atoms with Crippen molar-refractivity contribution in [1.29, 1.82) is 0 Å². The number of hydrogen-bond acceptors (Lipinski definition) is 8. The molecule has 1 heterocycles. The second kappa shape index (κ2) is 12.3. The van der Waals surface area contributed by atoms with E-state index in [9.17, 15) is 4.79 Å². The molecule has 3 rings (SSSR count). The van der Waals surface area contributed by atoms with Crippen LogP contribution in [0.5, 0.6) is 5.75 Å². The summed E-state index contributed by atoms with van der Waals surface area (Å²) < 4.78 is 11.1. The number of benzene rings is 2. The Bertz CT molecular complexity index is 935. The Morgan fingerprint density at radius 3 is 2.55 bits per heavy atom. The van der Waals surface area contributed by atoms with Gasteiger partial charge < -0.3 is 19.7 Å². The van der Waals surface area contributed by atoms with E-state index < -0.39 is 0 Å². The van der Waals surface area contributed by atoms with Crippen LogP contribution in [-0.4, -0.2) is 54.1 Å². The lowest BCUT2D eigenvalue weighted by molar-refractivity contribution is -0.129. The number of carbonyl (C=O) groups excluding carboxylic acids is 1. The van der Waals surface area contributed by atoms with Crippen LogP contribution in [0.1, 0.15) is 11.1 Å². The molecule has 31 heavy (non-hydrogen) atoms. The molecule has 1 N–H and O–H groups in total. The third-order valence-electron chi connectivity index (χ3n) is 4.46. The summed E-state index contributed by atoms with van der Waals surface area (Å²) in [5, 5.41) is 12.4. The fourth-order valence-corrected chi connectivity index (χ4v) is 4.42. The Morgan fingerprint density at radius 1 is 1.06 bits per heavy atom. The molecule has 0 bridgehead atoms. The van der Waals surface area contributed by atoms with E-state index in [0.717, 1.165) is 26.3 Å². The van der Waals surface area contributed by atoms with Crippen LogP contribution in [0, 0.1) is 0 Å². The summed E-state index contributed by atoms with van der Waals surface area (Å²) in [7, 11) is 3.29. The Morgan fingerprint density at radius 2 is 1.84 bits per heavy atom. The van der Waals surface area contributed by atoms with Crippen molar-refractivity contribution in [1.82, 2.24) is 15.1 Å². The molecule has 0 radical (unpaired) electrons. The maximum Gasteiger partial charge on any atom is 0.233 e. The summed E-state index contributed by atoms with van der Waals surface area (Å²) in [5.74, 6) is 1.19. The van der Waals surface area contributed by atoms with Gasteiger partial charge in [0.1, 0.15) is 5.75 Å². The van der Waals surface area contributed by atoms with E-state index >= 15 is 0 Å². The predicted molar refractivity (Wildman–Crippen MR) is 125 cm³/mol. The van der Waals surface area contributed by atoms with Gasteiger partial charge in [0.2, 0.25) is 11.0 Å². The van der Waals surface area contributed by atoms with Crippen LogP contribution in [0.25, 0.3) is 0 Å². The molecule has 0 saturated carbocycles. The highest BCUT2D eigenvalue weighted by molar-refractivity contribution is 8.01. The predicted octanol–water partition coefficient (Wildman–Crippen LogP) is 3.93. The number of aromatic nitrogens is 2. The van der Waals surface area contributed by atoms with Gasteiger partial charge >= 0.3 is 0 Å². The van der Waals surface area contributed by atoms with Crippen molar-refractivity contribution in [2.75, 3.05) is 38.4 Å². The fraction of sp³-hybridized carbons (Fsp3) is 0.318. The van der Waals surface area contributed by atoms with Crippen molar-refractivity contribution < 1.29 is 14.3 Å². The molecule has 0 aliphatic rings. The zero-order valence-corrected chi connectivity index (χ0v) is 19.2. The number of methoxy groups -OCH3 is 2. The molecule has 1 aromatic heterocycles. The zero-order chi connectivity index (χ0) is 21.9. The van der Waals surface area contributed by atoms with Gasteiger partial charge in [-0.3, -0.25) is 4.79 Å². The quantitative estimate of drug-likeness (QED) is 0.412. The van der Waals surface area contributed by atoms with Crippen molar-refractivity contribution in [3.63, 3.8) is 0 Å². The van der Waals surface area contributed by atoms with E-state index in [0.29, 0.717) is 32.0 Å². The van der Waals surface area contributed by atoms with Gasteiger partial charge in [-0.05, 0) is 23.3 Å². The normalized spacial score (nSPS) is 10.6. The molecule has 0 spiro atoms. The van der Waals surface area contributed by atoms with Gasteiger partial charge in [0.05, 0.1) is 19.5 Å². The average molecular weight is 459 g/mol. The van der Waals surface area contributed by atoms with Gasteiger partial charge in [0.15, 0.2) is 4.34 Å². The highest BCUT2D eigenvalue weighted by Crippen LogP contribution is 2.26. The number of hydrogen-bond donors (Lipinski definition) is 1. The summed E-state index contributed by atoms with van der Waals surface area (Å²) in [6, 6.07) is 17.8. The number of thioether (sulfide) groups is 1. The van der Waals surface area contributed by atoms with Crippen LogP contribution in [0.4, 0.5) is 5.13 Å². The summed E-state index contributed by atoms with van der Waals surface area (Å²) in [6.07, 6.45) is 0. The van der Waals surface area contributed by atoms with Crippen molar-refractivity contribution >= 4 is 34.1 Å². The Labute approximate surface area is 190 Å². The first-order chi connectivity index (χ1) is 15.2. The smallest absolute Gasteiger partial charge is 0.233 e. The van der Waals surface area contributed by atoms with Crippen LogP contribution in [0.3, 0.4) is 0 Å². The van der Waals surface area contributed by atoms with Crippen LogP contribution < -0.4 is 10.1 Å². The first-order valence-electron chi connectivity index (χ1n) is 9.81. The first-order valence-corrected chi connectivity index (χ1v) is 11.6. The molecule has 164 valence electrons. The number of ether oxygens (including phenoxy) is 2. The molecule has 0 saturated heterocycles. The third kappa shape index (κ3) is 7.54. The molecule has 2 aromatic carbocycles.